The molecule has 138 valence electrons. The van der Waals surface area contributed by atoms with Crippen LogP contribution < -0.4 is 0 Å². The van der Waals surface area contributed by atoms with Crippen LogP contribution in [0.1, 0.15) is 18.4 Å². The second kappa shape index (κ2) is 7.76. The number of nitrogens with zero attached hydrogens (tertiary/aromatic N) is 1. The van der Waals surface area contributed by atoms with Crippen molar-refractivity contribution >= 4 is 27.3 Å². The zero-order chi connectivity index (χ0) is 18.7. The van der Waals surface area contributed by atoms with Gasteiger partial charge in [0.05, 0.1) is 15.2 Å². The zero-order valence-electron chi connectivity index (χ0n) is 14.1. The van der Waals surface area contributed by atoms with Crippen LogP contribution in [-0.4, -0.2) is 37.6 Å². The fourth-order valence-electron chi connectivity index (χ4n) is 3.12. The van der Waals surface area contributed by atoms with Crippen molar-refractivity contribution in [1.82, 2.24) is 4.90 Å². The Morgan fingerprint density at radius 2 is 1.92 bits per heavy atom. The number of likely N-dealkylation sites (tertiary alicyclic amines) is 1. The second-order valence-corrected chi connectivity index (χ2v) is 8.99. The molecule has 0 spiro atoms. The molecule has 0 bridgehead atoms. The Bertz CT molecular complexity index is 902. The number of aryl methyl sites for hydroxylation is 1. The third-order valence-electron chi connectivity index (χ3n) is 4.62. The molecule has 1 unspecified atom stereocenters. The van der Waals surface area contributed by atoms with Crippen molar-refractivity contribution < 1.29 is 17.6 Å². The first kappa shape index (κ1) is 18.9. The standard InChI is InChI=1S/C19H19ClFNO3S/c20-17-8-6-14(12-18(17)21)7-9-19(23)22-11-10-16(13-22)26(24,25)15-4-2-1-3-5-15/h1-6,8,12,16H,7,9-11,13H2. The highest BCUT2D eigenvalue weighted by molar-refractivity contribution is 7.92. The second-order valence-electron chi connectivity index (χ2n) is 6.36. The van der Waals surface area contributed by atoms with E-state index in [1.165, 1.54) is 12.1 Å². The van der Waals surface area contributed by atoms with Crippen LogP contribution in [0.25, 0.3) is 0 Å². The largest absolute Gasteiger partial charge is 0.341 e. The van der Waals surface area contributed by atoms with Gasteiger partial charge < -0.3 is 4.90 Å². The predicted molar refractivity (Wildman–Crippen MR) is 98.3 cm³/mol. The van der Waals surface area contributed by atoms with Gasteiger partial charge >= 0.3 is 0 Å². The van der Waals surface area contributed by atoms with Crippen LogP contribution >= 0.6 is 11.6 Å². The van der Waals surface area contributed by atoms with E-state index in [4.69, 9.17) is 11.6 Å². The topological polar surface area (TPSA) is 54.5 Å². The minimum Gasteiger partial charge on any atom is -0.341 e. The van der Waals surface area contributed by atoms with E-state index in [0.29, 0.717) is 24.9 Å². The first-order chi connectivity index (χ1) is 12.4. The van der Waals surface area contributed by atoms with Crippen LogP contribution in [-0.2, 0) is 21.1 Å². The van der Waals surface area contributed by atoms with Crippen LogP contribution in [0.3, 0.4) is 0 Å². The summed E-state index contributed by atoms with van der Waals surface area (Å²) in [7, 11) is -3.44. The normalized spacial score (nSPS) is 17.5. The summed E-state index contributed by atoms with van der Waals surface area (Å²) in [5.74, 6) is -0.627. The average Bonchev–Trinajstić information content (AvgIpc) is 3.14. The highest BCUT2D eigenvalue weighted by atomic mass is 35.5. The van der Waals surface area contributed by atoms with Crippen molar-refractivity contribution in [2.45, 2.75) is 29.4 Å². The molecule has 0 aliphatic carbocycles. The van der Waals surface area contributed by atoms with E-state index in [1.807, 2.05) is 0 Å². The van der Waals surface area contributed by atoms with Gasteiger partial charge in [-0.15, -0.1) is 0 Å². The van der Waals surface area contributed by atoms with Gasteiger partial charge in [-0.25, -0.2) is 12.8 Å². The number of hydrogen-bond acceptors (Lipinski definition) is 3. The van der Waals surface area contributed by atoms with Crippen molar-refractivity contribution in [3.05, 3.63) is 64.9 Å². The minimum absolute atomic E-state index is 0.0496. The molecule has 0 radical (unpaired) electrons. The van der Waals surface area contributed by atoms with E-state index in [1.54, 1.807) is 41.3 Å². The van der Waals surface area contributed by atoms with E-state index < -0.39 is 20.9 Å². The molecule has 1 saturated heterocycles. The Kier molecular flexibility index (Phi) is 5.63. The lowest BCUT2D eigenvalue weighted by atomic mass is 10.1. The summed E-state index contributed by atoms with van der Waals surface area (Å²) in [4.78, 5) is 14.3. The number of carbonyl (C=O) groups is 1. The summed E-state index contributed by atoms with van der Waals surface area (Å²) in [6.45, 7) is 0.621. The van der Waals surface area contributed by atoms with Gasteiger partial charge in [-0.1, -0.05) is 35.9 Å². The fraction of sp³-hybridized carbons (Fsp3) is 0.316. The summed E-state index contributed by atoms with van der Waals surface area (Å²) < 4.78 is 38.8. The van der Waals surface area contributed by atoms with Gasteiger partial charge in [0.25, 0.3) is 0 Å². The van der Waals surface area contributed by atoms with Crippen molar-refractivity contribution in [2.75, 3.05) is 13.1 Å². The van der Waals surface area contributed by atoms with Gasteiger partial charge in [-0.2, -0.15) is 0 Å². The molecule has 2 aromatic rings. The first-order valence-electron chi connectivity index (χ1n) is 8.38. The number of sulfone groups is 1. The lowest BCUT2D eigenvalue weighted by molar-refractivity contribution is -0.130. The van der Waals surface area contributed by atoms with E-state index in [2.05, 4.69) is 0 Å². The molecule has 1 fully saturated rings. The van der Waals surface area contributed by atoms with Gasteiger partial charge in [-0.05, 0) is 42.7 Å². The molecule has 1 aliphatic heterocycles. The van der Waals surface area contributed by atoms with Crippen LogP contribution in [0.4, 0.5) is 4.39 Å². The van der Waals surface area contributed by atoms with Crippen molar-refractivity contribution in [3.63, 3.8) is 0 Å². The SMILES string of the molecule is O=C(CCc1ccc(Cl)c(F)c1)N1CCC(S(=O)(=O)c2ccccc2)C1. The van der Waals surface area contributed by atoms with Crippen LogP contribution in [0.2, 0.25) is 5.02 Å². The summed E-state index contributed by atoms with van der Waals surface area (Å²) in [5, 5.41) is -0.532. The molecule has 0 saturated carbocycles. The third-order valence-corrected chi connectivity index (χ3v) is 7.12. The Hall–Kier alpha value is -1.92. The quantitative estimate of drug-likeness (QED) is 0.778. The van der Waals surface area contributed by atoms with Crippen molar-refractivity contribution in [3.8, 4) is 0 Å². The monoisotopic (exact) mass is 395 g/mol. The van der Waals surface area contributed by atoms with Gasteiger partial charge in [0.15, 0.2) is 9.84 Å². The molecule has 1 atom stereocenters. The lowest BCUT2D eigenvalue weighted by Crippen LogP contribution is -2.32. The molecule has 3 rings (SSSR count). The number of amides is 1. The Morgan fingerprint density at radius 3 is 2.62 bits per heavy atom. The zero-order valence-corrected chi connectivity index (χ0v) is 15.6. The number of hydrogen-bond donors (Lipinski definition) is 0. The molecule has 2 aromatic carbocycles. The van der Waals surface area contributed by atoms with E-state index in [0.717, 1.165) is 0 Å². The molecule has 1 heterocycles. The van der Waals surface area contributed by atoms with E-state index in [9.17, 15) is 17.6 Å². The summed E-state index contributed by atoms with van der Waals surface area (Å²) >= 11 is 5.65. The maximum absolute atomic E-state index is 13.5. The molecule has 4 nitrogen and oxygen atoms in total. The molecule has 1 amide bonds. The number of benzene rings is 2. The molecular formula is C19H19ClFNO3S. The summed E-state index contributed by atoms with van der Waals surface area (Å²) in [6, 6.07) is 12.8. The maximum Gasteiger partial charge on any atom is 0.222 e. The summed E-state index contributed by atoms with van der Waals surface area (Å²) in [5.41, 5.74) is 0.688. The fourth-order valence-corrected chi connectivity index (χ4v) is 4.95. The molecule has 0 N–H and O–H groups in total. The molecular weight excluding hydrogens is 377 g/mol. The minimum atomic E-state index is -3.44. The molecule has 7 heteroatoms. The van der Waals surface area contributed by atoms with Crippen molar-refractivity contribution in [2.24, 2.45) is 0 Å². The maximum atomic E-state index is 13.5. The van der Waals surface area contributed by atoms with Gasteiger partial charge in [-0.3, -0.25) is 4.79 Å². The van der Waals surface area contributed by atoms with E-state index >= 15 is 0 Å². The predicted octanol–water partition coefficient (Wildman–Crippen LogP) is 3.49. The first-order valence-corrected chi connectivity index (χ1v) is 10.3. The number of carbonyl (C=O) groups excluding carboxylic acids is 1. The molecule has 0 aromatic heterocycles. The van der Waals surface area contributed by atoms with Gasteiger partial charge in [0.2, 0.25) is 5.91 Å². The summed E-state index contributed by atoms with van der Waals surface area (Å²) in [6.07, 6.45) is 1.03. The number of rotatable bonds is 5. The Morgan fingerprint density at radius 1 is 1.19 bits per heavy atom. The molecule has 1 aliphatic rings. The smallest absolute Gasteiger partial charge is 0.222 e. The van der Waals surface area contributed by atoms with E-state index in [-0.39, 0.29) is 28.8 Å². The highest BCUT2D eigenvalue weighted by Gasteiger charge is 2.35. The van der Waals surface area contributed by atoms with Crippen LogP contribution in [0.15, 0.2) is 53.4 Å². The average molecular weight is 396 g/mol. The third kappa shape index (κ3) is 4.07. The Balaban J connectivity index is 1.59. The van der Waals surface area contributed by atoms with Gasteiger partial charge in [0, 0.05) is 19.5 Å². The number of halogens is 2. The Labute approximate surface area is 157 Å². The molecule has 26 heavy (non-hydrogen) atoms. The highest BCUT2D eigenvalue weighted by Crippen LogP contribution is 2.24. The van der Waals surface area contributed by atoms with Crippen LogP contribution in [0, 0.1) is 5.82 Å². The lowest BCUT2D eigenvalue weighted by Gasteiger charge is -2.17. The van der Waals surface area contributed by atoms with Gasteiger partial charge in [0.1, 0.15) is 5.82 Å². The van der Waals surface area contributed by atoms with Crippen molar-refractivity contribution in [1.29, 1.82) is 0 Å². The van der Waals surface area contributed by atoms with Crippen LogP contribution in [0.5, 0.6) is 0 Å².